The lowest BCUT2D eigenvalue weighted by atomic mass is 10.2. The van der Waals surface area contributed by atoms with Crippen molar-refractivity contribution in [2.24, 2.45) is 0 Å². The number of carbonyl (C=O) groups is 2. The van der Waals surface area contributed by atoms with Crippen LogP contribution in [0.25, 0.3) is 0 Å². The summed E-state index contributed by atoms with van der Waals surface area (Å²) in [5.41, 5.74) is 2.30. The fraction of sp³-hybridized carbons (Fsp3) is 0.250. The first-order valence-corrected chi connectivity index (χ1v) is 8.17. The van der Waals surface area contributed by atoms with Crippen molar-refractivity contribution < 1.29 is 14.3 Å². The molecule has 6 heteroatoms. The van der Waals surface area contributed by atoms with E-state index >= 15 is 0 Å². The summed E-state index contributed by atoms with van der Waals surface area (Å²) in [7, 11) is 1.55. The molecule has 0 aliphatic carbocycles. The molecule has 0 heterocycles. The molecule has 0 bridgehead atoms. The summed E-state index contributed by atoms with van der Waals surface area (Å²) in [4.78, 5) is 25.8. The number of aryl methyl sites for hydroxylation is 1. The van der Waals surface area contributed by atoms with Gasteiger partial charge < -0.3 is 15.0 Å². The van der Waals surface area contributed by atoms with Gasteiger partial charge in [-0.05, 0) is 50.2 Å². The van der Waals surface area contributed by atoms with Crippen molar-refractivity contribution in [3.63, 3.8) is 0 Å². The Balaban J connectivity index is 1.87. The van der Waals surface area contributed by atoms with Crippen molar-refractivity contribution in [3.8, 4) is 11.8 Å². The van der Waals surface area contributed by atoms with Crippen molar-refractivity contribution >= 4 is 17.5 Å². The Labute approximate surface area is 153 Å². The average molecular weight is 351 g/mol. The molecular formula is C20H21N3O3. The number of likely N-dealkylation sites (N-methyl/N-ethyl adjacent to an activating group) is 1. The number of anilines is 1. The molecule has 0 saturated heterocycles. The second-order valence-electron chi connectivity index (χ2n) is 6.00. The zero-order valence-electron chi connectivity index (χ0n) is 15.0. The Morgan fingerprint density at radius 1 is 1.15 bits per heavy atom. The maximum atomic E-state index is 12.4. The number of benzene rings is 2. The van der Waals surface area contributed by atoms with E-state index in [4.69, 9.17) is 10.00 Å². The van der Waals surface area contributed by atoms with Crippen molar-refractivity contribution in [2.45, 2.75) is 20.0 Å². The van der Waals surface area contributed by atoms with E-state index in [9.17, 15) is 9.59 Å². The lowest BCUT2D eigenvalue weighted by molar-refractivity contribution is -0.139. The molecular weight excluding hydrogens is 330 g/mol. The van der Waals surface area contributed by atoms with Gasteiger partial charge >= 0.3 is 0 Å². The summed E-state index contributed by atoms with van der Waals surface area (Å²) in [6, 6.07) is 15.9. The minimum atomic E-state index is -0.750. The van der Waals surface area contributed by atoms with Gasteiger partial charge in [-0.2, -0.15) is 5.26 Å². The highest BCUT2D eigenvalue weighted by Crippen LogP contribution is 2.14. The lowest BCUT2D eigenvalue weighted by Gasteiger charge is -2.21. The van der Waals surface area contributed by atoms with E-state index in [1.54, 1.807) is 38.2 Å². The molecule has 0 fully saturated rings. The van der Waals surface area contributed by atoms with Gasteiger partial charge in [0.1, 0.15) is 5.75 Å². The SMILES string of the molecule is Cc1ccc(NC(=O)CN(C)C(=O)C(C)Oc2ccc(C#N)cc2)cc1. The molecule has 1 atom stereocenters. The van der Waals surface area contributed by atoms with Crippen LogP contribution in [0.5, 0.6) is 5.75 Å². The number of nitriles is 1. The first-order chi connectivity index (χ1) is 12.4. The van der Waals surface area contributed by atoms with Gasteiger partial charge in [0.05, 0.1) is 18.2 Å². The number of ether oxygens (including phenoxy) is 1. The van der Waals surface area contributed by atoms with Gasteiger partial charge in [-0.3, -0.25) is 9.59 Å². The highest BCUT2D eigenvalue weighted by molar-refractivity contribution is 5.95. The average Bonchev–Trinajstić information content (AvgIpc) is 2.63. The van der Waals surface area contributed by atoms with Gasteiger partial charge in [-0.15, -0.1) is 0 Å². The molecule has 6 nitrogen and oxygen atoms in total. The standard InChI is InChI=1S/C20H21N3O3/c1-14-4-8-17(9-5-14)22-19(24)13-23(3)20(25)15(2)26-18-10-6-16(12-21)7-11-18/h4-11,15H,13H2,1-3H3,(H,22,24). The van der Waals surface area contributed by atoms with E-state index in [0.29, 0.717) is 17.0 Å². The number of carbonyl (C=O) groups excluding carboxylic acids is 2. The number of nitrogens with one attached hydrogen (secondary N) is 1. The fourth-order valence-electron chi connectivity index (χ4n) is 2.30. The zero-order chi connectivity index (χ0) is 19.1. The molecule has 2 amide bonds. The normalized spacial score (nSPS) is 11.2. The summed E-state index contributed by atoms with van der Waals surface area (Å²) in [6.45, 7) is 3.51. The number of amides is 2. The van der Waals surface area contributed by atoms with Crippen LogP contribution in [0.15, 0.2) is 48.5 Å². The third kappa shape index (κ3) is 5.35. The second kappa shape index (κ2) is 8.67. The predicted molar refractivity (Wildman–Crippen MR) is 98.7 cm³/mol. The predicted octanol–water partition coefficient (Wildman–Crippen LogP) is 2.73. The summed E-state index contributed by atoms with van der Waals surface area (Å²) >= 11 is 0. The van der Waals surface area contributed by atoms with Gasteiger partial charge in [-0.25, -0.2) is 0 Å². The van der Waals surface area contributed by atoms with Crippen LogP contribution < -0.4 is 10.1 Å². The monoisotopic (exact) mass is 351 g/mol. The molecule has 1 unspecified atom stereocenters. The summed E-state index contributed by atoms with van der Waals surface area (Å²) < 4.78 is 5.58. The van der Waals surface area contributed by atoms with Gasteiger partial charge in [-0.1, -0.05) is 17.7 Å². The smallest absolute Gasteiger partial charge is 0.263 e. The quantitative estimate of drug-likeness (QED) is 0.867. The number of hydrogen-bond acceptors (Lipinski definition) is 4. The minimum absolute atomic E-state index is 0.0756. The van der Waals surface area contributed by atoms with Crippen LogP contribution >= 0.6 is 0 Å². The van der Waals surface area contributed by atoms with Crippen molar-refractivity contribution in [1.82, 2.24) is 4.90 Å². The van der Waals surface area contributed by atoms with E-state index < -0.39 is 6.10 Å². The molecule has 0 aromatic heterocycles. The molecule has 0 radical (unpaired) electrons. The molecule has 0 aliphatic rings. The molecule has 1 N–H and O–H groups in total. The molecule has 0 saturated carbocycles. The first kappa shape index (κ1) is 19.0. The topological polar surface area (TPSA) is 82.4 Å². The van der Waals surface area contributed by atoms with E-state index in [2.05, 4.69) is 5.32 Å². The Morgan fingerprint density at radius 2 is 1.77 bits per heavy atom. The third-order valence-electron chi connectivity index (χ3n) is 3.74. The van der Waals surface area contributed by atoms with Crippen LogP contribution in [0, 0.1) is 18.3 Å². The maximum Gasteiger partial charge on any atom is 0.263 e. The minimum Gasteiger partial charge on any atom is -0.481 e. The van der Waals surface area contributed by atoms with Gasteiger partial charge in [0.2, 0.25) is 5.91 Å². The first-order valence-electron chi connectivity index (χ1n) is 8.17. The number of hydrogen-bond donors (Lipinski definition) is 1. The van der Waals surface area contributed by atoms with Crippen LogP contribution in [0.3, 0.4) is 0 Å². The molecule has 2 aromatic carbocycles. The van der Waals surface area contributed by atoms with Crippen LogP contribution in [-0.2, 0) is 9.59 Å². The molecule has 26 heavy (non-hydrogen) atoms. The fourth-order valence-corrected chi connectivity index (χ4v) is 2.30. The number of rotatable bonds is 6. The summed E-state index contributed by atoms with van der Waals surface area (Å²) in [5, 5.41) is 11.5. The highest BCUT2D eigenvalue weighted by Gasteiger charge is 2.21. The maximum absolute atomic E-state index is 12.4. The Morgan fingerprint density at radius 3 is 2.35 bits per heavy atom. The van der Waals surface area contributed by atoms with Crippen molar-refractivity contribution in [3.05, 3.63) is 59.7 Å². The zero-order valence-corrected chi connectivity index (χ0v) is 15.0. The second-order valence-corrected chi connectivity index (χ2v) is 6.00. The lowest BCUT2D eigenvalue weighted by Crippen LogP contribution is -2.41. The Kier molecular flexibility index (Phi) is 6.34. The Bertz CT molecular complexity index is 808. The molecule has 0 aliphatic heterocycles. The van der Waals surface area contributed by atoms with E-state index in [0.717, 1.165) is 5.56 Å². The number of nitrogens with zero attached hydrogens (tertiary/aromatic N) is 2. The van der Waals surface area contributed by atoms with Crippen molar-refractivity contribution in [2.75, 3.05) is 18.9 Å². The Hall–Kier alpha value is -3.33. The molecule has 0 spiro atoms. The largest absolute Gasteiger partial charge is 0.481 e. The summed E-state index contributed by atoms with van der Waals surface area (Å²) in [6.07, 6.45) is -0.750. The third-order valence-corrected chi connectivity index (χ3v) is 3.74. The van der Waals surface area contributed by atoms with E-state index in [1.165, 1.54) is 4.90 Å². The highest BCUT2D eigenvalue weighted by atomic mass is 16.5. The molecule has 134 valence electrons. The van der Waals surface area contributed by atoms with Crippen LogP contribution in [0.2, 0.25) is 0 Å². The van der Waals surface area contributed by atoms with Gasteiger partial charge in [0, 0.05) is 12.7 Å². The van der Waals surface area contributed by atoms with E-state index in [-0.39, 0.29) is 18.4 Å². The van der Waals surface area contributed by atoms with E-state index in [1.807, 2.05) is 37.3 Å². The molecule has 2 rings (SSSR count). The van der Waals surface area contributed by atoms with Crippen LogP contribution in [0.4, 0.5) is 5.69 Å². The van der Waals surface area contributed by atoms with Gasteiger partial charge in [0.25, 0.3) is 5.91 Å². The molecule has 2 aromatic rings. The van der Waals surface area contributed by atoms with Crippen LogP contribution in [0.1, 0.15) is 18.1 Å². The van der Waals surface area contributed by atoms with Crippen LogP contribution in [-0.4, -0.2) is 36.4 Å². The van der Waals surface area contributed by atoms with Gasteiger partial charge in [0.15, 0.2) is 6.10 Å². The summed E-state index contributed by atoms with van der Waals surface area (Å²) in [5.74, 6) is -0.106. The van der Waals surface area contributed by atoms with Crippen molar-refractivity contribution in [1.29, 1.82) is 5.26 Å².